The first kappa shape index (κ1) is 10.4. The first-order valence-electron chi connectivity index (χ1n) is 5.75. The van der Waals surface area contributed by atoms with Gasteiger partial charge in [-0.05, 0) is 30.2 Å². The van der Waals surface area contributed by atoms with Crippen LogP contribution >= 0.6 is 0 Å². The van der Waals surface area contributed by atoms with Crippen LogP contribution in [0.4, 0.5) is 5.69 Å². The zero-order valence-corrected chi connectivity index (χ0v) is 9.81. The standard InChI is InChI=1S/C13H15N3O/c1-16-12-3-2-10(14)8-11(12)13(15-16)9-4-6-17-7-5-9/h2-4,8H,5-7,14H2,1H3. The molecule has 0 saturated heterocycles. The SMILES string of the molecule is Cn1nc(C2=CCOCC2)c2cc(N)ccc21. The van der Waals surface area contributed by atoms with E-state index in [1.165, 1.54) is 5.57 Å². The highest BCUT2D eigenvalue weighted by Gasteiger charge is 2.14. The van der Waals surface area contributed by atoms with Crippen molar-refractivity contribution in [3.63, 3.8) is 0 Å². The van der Waals surface area contributed by atoms with Gasteiger partial charge in [0.25, 0.3) is 0 Å². The van der Waals surface area contributed by atoms with E-state index in [0.29, 0.717) is 6.61 Å². The Morgan fingerprint density at radius 2 is 2.29 bits per heavy atom. The van der Waals surface area contributed by atoms with Gasteiger partial charge in [-0.2, -0.15) is 5.10 Å². The molecule has 4 heteroatoms. The molecule has 0 unspecified atom stereocenters. The summed E-state index contributed by atoms with van der Waals surface area (Å²) in [4.78, 5) is 0. The zero-order chi connectivity index (χ0) is 11.8. The molecule has 1 aliphatic heterocycles. The van der Waals surface area contributed by atoms with Gasteiger partial charge in [-0.1, -0.05) is 6.08 Å². The van der Waals surface area contributed by atoms with Crippen LogP contribution in [0.25, 0.3) is 16.5 Å². The number of nitrogen functional groups attached to an aromatic ring is 1. The van der Waals surface area contributed by atoms with Gasteiger partial charge < -0.3 is 10.5 Å². The number of hydrogen-bond acceptors (Lipinski definition) is 3. The topological polar surface area (TPSA) is 53.1 Å². The Balaban J connectivity index is 2.22. The Kier molecular flexibility index (Phi) is 2.37. The van der Waals surface area contributed by atoms with E-state index in [2.05, 4.69) is 11.2 Å². The van der Waals surface area contributed by atoms with Gasteiger partial charge in [0.15, 0.2) is 0 Å². The first-order valence-corrected chi connectivity index (χ1v) is 5.75. The Labute approximate surface area is 99.7 Å². The lowest BCUT2D eigenvalue weighted by molar-refractivity contribution is 0.161. The van der Waals surface area contributed by atoms with E-state index < -0.39 is 0 Å². The van der Waals surface area contributed by atoms with Crippen LogP contribution in [0.2, 0.25) is 0 Å². The van der Waals surface area contributed by atoms with Crippen molar-refractivity contribution in [3.8, 4) is 0 Å². The molecule has 0 fully saturated rings. The number of aromatic nitrogens is 2. The molecular weight excluding hydrogens is 214 g/mol. The molecule has 0 bridgehead atoms. The predicted molar refractivity (Wildman–Crippen MR) is 68.5 cm³/mol. The van der Waals surface area contributed by atoms with E-state index in [1.807, 2.05) is 29.9 Å². The summed E-state index contributed by atoms with van der Waals surface area (Å²) in [5.41, 5.74) is 10.0. The summed E-state index contributed by atoms with van der Waals surface area (Å²) in [7, 11) is 1.96. The van der Waals surface area contributed by atoms with E-state index in [-0.39, 0.29) is 0 Å². The van der Waals surface area contributed by atoms with E-state index in [0.717, 1.165) is 35.3 Å². The number of nitrogens with zero attached hydrogens (tertiary/aromatic N) is 2. The molecule has 1 aromatic carbocycles. The monoisotopic (exact) mass is 229 g/mol. The summed E-state index contributed by atoms with van der Waals surface area (Å²) in [5.74, 6) is 0. The summed E-state index contributed by atoms with van der Waals surface area (Å²) in [5, 5.41) is 5.72. The second kappa shape index (κ2) is 3.89. The molecule has 88 valence electrons. The molecule has 0 amide bonds. The number of aryl methyl sites for hydroxylation is 1. The minimum absolute atomic E-state index is 0.676. The summed E-state index contributed by atoms with van der Waals surface area (Å²) in [6, 6.07) is 5.92. The Bertz CT molecular complexity index is 598. The van der Waals surface area contributed by atoms with Crippen molar-refractivity contribution in [1.82, 2.24) is 9.78 Å². The summed E-state index contributed by atoms with van der Waals surface area (Å²) >= 11 is 0. The molecule has 0 radical (unpaired) electrons. The van der Waals surface area contributed by atoms with Crippen LogP contribution in [0, 0.1) is 0 Å². The fourth-order valence-corrected chi connectivity index (χ4v) is 2.26. The van der Waals surface area contributed by atoms with Gasteiger partial charge in [-0.25, -0.2) is 0 Å². The Hall–Kier alpha value is -1.81. The van der Waals surface area contributed by atoms with Gasteiger partial charge in [0.1, 0.15) is 0 Å². The maximum Gasteiger partial charge on any atom is 0.0960 e. The third kappa shape index (κ3) is 1.70. The second-order valence-corrected chi connectivity index (χ2v) is 4.30. The molecular formula is C13H15N3O. The van der Waals surface area contributed by atoms with Crippen LogP contribution in [0.15, 0.2) is 24.3 Å². The fraction of sp³-hybridized carbons (Fsp3) is 0.308. The minimum atomic E-state index is 0.676. The van der Waals surface area contributed by atoms with Crippen LogP contribution in [-0.4, -0.2) is 23.0 Å². The minimum Gasteiger partial charge on any atom is -0.399 e. The summed E-state index contributed by atoms with van der Waals surface area (Å²) < 4.78 is 7.23. The highest BCUT2D eigenvalue weighted by atomic mass is 16.5. The van der Waals surface area contributed by atoms with Crippen molar-refractivity contribution >= 4 is 22.2 Å². The highest BCUT2D eigenvalue weighted by molar-refractivity contribution is 5.92. The maximum atomic E-state index is 5.85. The molecule has 0 atom stereocenters. The molecule has 0 saturated carbocycles. The van der Waals surface area contributed by atoms with Crippen LogP contribution in [-0.2, 0) is 11.8 Å². The van der Waals surface area contributed by atoms with Gasteiger partial charge >= 0.3 is 0 Å². The normalized spacial score (nSPS) is 16.2. The summed E-state index contributed by atoms with van der Waals surface area (Å²) in [6.45, 7) is 1.45. The number of hydrogen-bond donors (Lipinski definition) is 1. The van der Waals surface area contributed by atoms with Gasteiger partial charge in [0.2, 0.25) is 0 Å². The lowest BCUT2D eigenvalue weighted by Gasteiger charge is -2.11. The first-order chi connectivity index (χ1) is 8.25. The van der Waals surface area contributed by atoms with Crippen molar-refractivity contribution in [1.29, 1.82) is 0 Å². The summed E-state index contributed by atoms with van der Waals surface area (Å²) in [6.07, 6.45) is 3.02. The number of fused-ring (bicyclic) bond motifs is 1. The molecule has 3 rings (SSSR count). The van der Waals surface area contributed by atoms with Crippen molar-refractivity contribution in [2.24, 2.45) is 7.05 Å². The van der Waals surface area contributed by atoms with Crippen LogP contribution in [0.1, 0.15) is 12.1 Å². The molecule has 0 aliphatic carbocycles. The lowest BCUT2D eigenvalue weighted by atomic mass is 10.0. The van der Waals surface area contributed by atoms with Gasteiger partial charge in [0, 0.05) is 18.1 Å². The third-order valence-electron chi connectivity index (χ3n) is 3.14. The molecule has 0 spiro atoms. The molecule has 4 nitrogen and oxygen atoms in total. The van der Waals surface area contributed by atoms with Crippen molar-refractivity contribution < 1.29 is 4.74 Å². The van der Waals surface area contributed by atoms with Gasteiger partial charge in [0.05, 0.1) is 24.4 Å². The molecule has 1 aliphatic rings. The number of nitrogens with two attached hydrogens (primary N) is 1. The third-order valence-corrected chi connectivity index (χ3v) is 3.14. The number of benzene rings is 1. The van der Waals surface area contributed by atoms with Crippen molar-refractivity contribution in [2.75, 3.05) is 18.9 Å². The van der Waals surface area contributed by atoms with Crippen molar-refractivity contribution in [3.05, 3.63) is 30.0 Å². The largest absolute Gasteiger partial charge is 0.399 e. The Morgan fingerprint density at radius 3 is 3.06 bits per heavy atom. The second-order valence-electron chi connectivity index (χ2n) is 4.30. The number of rotatable bonds is 1. The highest BCUT2D eigenvalue weighted by Crippen LogP contribution is 2.28. The molecule has 2 aromatic rings. The maximum absolute atomic E-state index is 5.85. The van der Waals surface area contributed by atoms with E-state index >= 15 is 0 Å². The van der Waals surface area contributed by atoms with Crippen molar-refractivity contribution in [2.45, 2.75) is 6.42 Å². The average Bonchev–Trinajstić information content (AvgIpc) is 2.67. The number of ether oxygens (including phenoxy) is 1. The van der Waals surface area contributed by atoms with Crippen LogP contribution < -0.4 is 5.73 Å². The lowest BCUT2D eigenvalue weighted by Crippen LogP contribution is -2.04. The Morgan fingerprint density at radius 1 is 1.41 bits per heavy atom. The molecule has 17 heavy (non-hydrogen) atoms. The quantitative estimate of drug-likeness (QED) is 0.760. The van der Waals surface area contributed by atoms with E-state index in [4.69, 9.17) is 10.5 Å². The average molecular weight is 229 g/mol. The molecule has 1 aromatic heterocycles. The van der Waals surface area contributed by atoms with E-state index in [9.17, 15) is 0 Å². The predicted octanol–water partition coefficient (Wildman–Crippen LogP) is 1.96. The smallest absolute Gasteiger partial charge is 0.0960 e. The zero-order valence-electron chi connectivity index (χ0n) is 9.81. The molecule has 2 N–H and O–H groups in total. The molecule has 2 heterocycles. The number of anilines is 1. The van der Waals surface area contributed by atoms with Gasteiger partial charge in [-0.15, -0.1) is 0 Å². The fourth-order valence-electron chi connectivity index (χ4n) is 2.26. The van der Waals surface area contributed by atoms with Crippen LogP contribution in [0.5, 0.6) is 0 Å². The van der Waals surface area contributed by atoms with Crippen LogP contribution in [0.3, 0.4) is 0 Å². The van der Waals surface area contributed by atoms with Gasteiger partial charge in [-0.3, -0.25) is 4.68 Å². The van der Waals surface area contributed by atoms with E-state index in [1.54, 1.807) is 0 Å².